The topological polar surface area (TPSA) is 92.4 Å². The van der Waals surface area contributed by atoms with Gasteiger partial charge in [0.05, 0.1) is 11.1 Å². The van der Waals surface area contributed by atoms with E-state index in [-0.39, 0.29) is 5.56 Å². The normalized spacial score (nSPS) is 10.0. The van der Waals surface area contributed by atoms with Gasteiger partial charge >= 0.3 is 5.97 Å². The molecular formula is C15H14N2O3. The Morgan fingerprint density at radius 2 is 1.85 bits per heavy atom. The Kier molecular flexibility index (Phi) is 4.00. The maximum Gasteiger partial charge on any atom is 0.335 e. The number of nitrogens with one attached hydrogen (secondary N) is 1. The number of benzene rings is 2. The lowest BCUT2D eigenvalue weighted by Crippen LogP contribution is -2.14. The molecule has 4 N–H and O–H groups in total. The zero-order chi connectivity index (χ0) is 14.5. The van der Waals surface area contributed by atoms with Crippen LogP contribution >= 0.6 is 0 Å². The van der Waals surface area contributed by atoms with Crippen molar-refractivity contribution < 1.29 is 14.7 Å². The van der Waals surface area contributed by atoms with Gasteiger partial charge in [0.2, 0.25) is 0 Å². The minimum atomic E-state index is -0.968. The van der Waals surface area contributed by atoms with Crippen LogP contribution in [0.25, 0.3) is 0 Å². The third-order valence-electron chi connectivity index (χ3n) is 2.85. The molecule has 0 spiro atoms. The molecule has 0 heterocycles. The Morgan fingerprint density at radius 1 is 1.10 bits per heavy atom. The van der Waals surface area contributed by atoms with Crippen molar-refractivity contribution in [1.29, 1.82) is 0 Å². The third-order valence-corrected chi connectivity index (χ3v) is 2.85. The van der Waals surface area contributed by atoms with Crippen molar-refractivity contribution in [2.45, 2.75) is 6.54 Å². The van der Waals surface area contributed by atoms with Gasteiger partial charge in [-0.2, -0.15) is 0 Å². The van der Waals surface area contributed by atoms with E-state index in [2.05, 4.69) is 5.32 Å². The minimum Gasteiger partial charge on any atom is -0.478 e. The van der Waals surface area contributed by atoms with Gasteiger partial charge in [-0.05, 0) is 29.8 Å². The molecule has 0 fully saturated rings. The number of carboxylic acids is 1. The monoisotopic (exact) mass is 270 g/mol. The molecule has 0 aliphatic heterocycles. The second-order valence-corrected chi connectivity index (χ2v) is 4.27. The Balaban J connectivity index is 2.15. The maximum atomic E-state index is 11.3. The van der Waals surface area contributed by atoms with Gasteiger partial charge in [-0.1, -0.05) is 24.3 Å². The number of amides is 1. The average Bonchev–Trinajstić information content (AvgIpc) is 2.45. The first-order valence-corrected chi connectivity index (χ1v) is 6.03. The van der Waals surface area contributed by atoms with E-state index in [9.17, 15) is 9.59 Å². The molecule has 5 heteroatoms. The summed E-state index contributed by atoms with van der Waals surface area (Å²) in [6.45, 7) is 0.408. The molecular weight excluding hydrogens is 256 g/mol. The first-order chi connectivity index (χ1) is 9.58. The van der Waals surface area contributed by atoms with E-state index in [1.807, 2.05) is 6.07 Å². The quantitative estimate of drug-likeness (QED) is 0.775. The SMILES string of the molecule is NC(=O)c1ccccc1NCc1cccc(C(=O)O)c1. The highest BCUT2D eigenvalue weighted by Gasteiger charge is 2.07. The summed E-state index contributed by atoms with van der Waals surface area (Å²) in [6, 6.07) is 13.5. The van der Waals surface area contributed by atoms with Crippen LogP contribution in [0.4, 0.5) is 5.69 Å². The minimum absolute atomic E-state index is 0.229. The Hall–Kier alpha value is -2.82. The molecule has 0 aliphatic carbocycles. The lowest BCUT2D eigenvalue weighted by Gasteiger charge is -2.10. The second kappa shape index (κ2) is 5.88. The fourth-order valence-corrected chi connectivity index (χ4v) is 1.86. The number of anilines is 1. The van der Waals surface area contributed by atoms with Gasteiger partial charge in [-0.25, -0.2) is 4.79 Å². The number of aromatic carboxylic acids is 1. The molecule has 2 aromatic rings. The fourth-order valence-electron chi connectivity index (χ4n) is 1.86. The number of nitrogens with two attached hydrogens (primary N) is 1. The maximum absolute atomic E-state index is 11.3. The zero-order valence-electron chi connectivity index (χ0n) is 10.7. The van der Waals surface area contributed by atoms with Crippen molar-refractivity contribution in [3.05, 3.63) is 65.2 Å². The van der Waals surface area contributed by atoms with Crippen molar-refractivity contribution in [3.8, 4) is 0 Å². The smallest absolute Gasteiger partial charge is 0.335 e. The molecule has 2 aromatic carbocycles. The Morgan fingerprint density at radius 3 is 2.55 bits per heavy atom. The number of primary amides is 1. The molecule has 0 radical (unpaired) electrons. The van der Waals surface area contributed by atoms with Crippen LogP contribution in [-0.4, -0.2) is 17.0 Å². The van der Waals surface area contributed by atoms with Crippen LogP contribution in [0.15, 0.2) is 48.5 Å². The van der Waals surface area contributed by atoms with E-state index >= 15 is 0 Å². The first-order valence-electron chi connectivity index (χ1n) is 6.03. The first kappa shape index (κ1) is 13.6. The van der Waals surface area contributed by atoms with E-state index in [1.54, 1.807) is 36.4 Å². The standard InChI is InChI=1S/C15H14N2O3/c16-14(18)12-6-1-2-7-13(12)17-9-10-4-3-5-11(8-10)15(19)20/h1-8,17H,9H2,(H2,16,18)(H,19,20). The highest BCUT2D eigenvalue weighted by atomic mass is 16.4. The van der Waals surface area contributed by atoms with E-state index in [1.165, 1.54) is 6.07 Å². The largest absolute Gasteiger partial charge is 0.478 e. The van der Waals surface area contributed by atoms with Gasteiger partial charge in [0.1, 0.15) is 0 Å². The van der Waals surface area contributed by atoms with Gasteiger partial charge in [0.25, 0.3) is 5.91 Å². The molecule has 0 saturated carbocycles. The number of hydrogen-bond donors (Lipinski definition) is 3. The van der Waals surface area contributed by atoms with E-state index in [0.29, 0.717) is 17.8 Å². The van der Waals surface area contributed by atoms with Crippen molar-refractivity contribution in [1.82, 2.24) is 0 Å². The predicted octanol–water partition coefficient (Wildman–Crippen LogP) is 2.10. The average molecular weight is 270 g/mol. The molecule has 0 saturated heterocycles. The summed E-state index contributed by atoms with van der Waals surface area (Å²) < 4.78 is 0. The summed E-state index contributed by atoms with van der Waals surface area (Å²) in [5, 5.41) is 12.0. The third kappa shape index (κ3) is 3.14. The molecule has 0 atom stereocenters. The molecule has 0 aromatic heterocycles. The van der Waals surface area contributed by atoms with Crippen LogP contribution in [0.5, 0.6) is 0 Å². The summed E-state index contributed by atoms with van der Waals surface area (Å²) in [5.74, 6) is -1.48. The van der Waals surface area contributed by atoms with Crippen molar-refractivity contribution in [3.63, 3.8) is 0 Å². The number of carboxylic acid groups (broad SMARTS) is 1. The summed E-state index contributed by atoms with van der Waals surface area (Å²) >= 11 is 0. The van der Waals surface area contributed by atoms with Crippen LogP contribution in [0, 0.1) is 0 Å². The molecule has 2 rings (SSSR count). The molecule has 102 valence electrons. The fraction of sp³-hybridized carbons (Fsp3) is 0.0667. The molecule has 0 aliphatic rings. The van der Waals surface area contributed by atoms with Crippen LogP contribution < -0.4 is 11.1 Å². The van der Waals surface area contributed by atoms with Crippen LogP contribution in [0.3, 0.4) is 0 Å². The molecule has 20 heavy (non-hydrogen) atoms. The van der Waals surface area contributed by atoms with Crippen LogP contribution in [0.2, 0.25) is 0 Å². The van der Waals surface area contributed by atoms with Crippen LogP contribution in [0.1, 0.15) is 26.3 Å². The van der Waals surface area contributed by atoms with Crippen molar-refractivity contribution in [2.24, 2.45) is 5.73 Å². The molecule has 1 amide bonds. The lowest BCUT2D eigenvalue weighted by atomic mass is 10.1. The van der Waals surface area contributed by atoms with Crippen LogP contribution in [-0.2, 0) is 6.54 Å². The Bertz CT molecular complexity index is 653. The number of para-hydroxylation sites is 1. The van der Waals surface area contributed by atoms with Gasteiger partial charge in [0, 0.05) is 12.2 Å². The van der Waals surface area contributed by atoms with Gasteiger partial charge in [0.15, 0.2) is 0 Å². The van der Waals surface area contributed by atoms with E-state index < -0.39 is 11.9 Å². The highest BCUT2D eigenvalue weighted by Crippen LogP contribution is 2.16. The molecule has 5 nitrogen and oxygen atoms in total. The van der Waals surface area contributed by atoms with Crippen molar-refractivity contribution >= 4 is 17.6 Å². The van der Waals surface area contributed by atoms with Gasteiger partial charge in [-0.15, -0.1) is 0 Å². The lowest BCUT2D eigenvalue weighted by molar-refractivity contribution is 0.0696. The predicted molar refractivity (Wildman–Crippen MR) is 75.7 cm³/mol. The summed E-state index contributed by atoms with van der Waals surface area (Å²) in [7, 11) is 0. The highest BCUT2D eigenvalue weighted by molar-refractivity contribution is 5.98. The van der Waals surface area contributed by atoms with E-state index in [0.717, 1.165) is 5.56 Å². The molecule has 0 unspecified atom stereocenters. The zero-order valence-corrected chi connectivity index (χ0v) is 10.7. The summed E-state index contributed by atoms with van der Waals surface area (Å²) in [4.78, 5) is 22.2. The van der Waals surface area contributed by atoms with Gasteiger partial charge < -0.3 is 16.2 Å². The van der Waals surface area contributed by atoms with Gasteiger partial charge in [-0.3, -0.25) is 4.79 Å². The number of rotatable bonds is 5. The van der Waals surface area contributed by atoms with Crippen molar-refractivity contribution in [2.75, 3.05) is 5.32 Å². The Labute approximate surface area is 116 Å². The second-order valence-electron chi connectivity index (χ2n) is 4.27. The van der Waals surface area contributed by atoms with E-state index in [4.69, 9.17) is 10.8 Å². The number of carbonyl (C=O) groups excluding carboxylic acids is 1. The summed E-state index contributed by atoms with van der Waals surface area (Å²) in [6.07, 6.45) is 0. The molecule has 0 bridgehead atoms. The number of carbonyl (C=O) groups is 2. The number of hydrogen-bond acceptors (Lipinski definition) is 3. The summed E-state index contributed by atoms with van der Waals surface area (Å²) in [5.41, 5.74) is 7.36.